The third-order valence-corrected chi connectivity index (χ3v) is 1.47. The van der Waals surface area contributed by atoms with Crippen LogP contribution in [0.1, 0.15) is 19.3 Å². The molecule has 0 saturated carbocycles. The molecule has 0 aromatic heterocycles. The van der Waals surface area contributed by atoms with Crippen molar-refractivity contribution in [3.8, 4) is 0 Å². The highest BCUT2D eigenvalue weighted by atomic mass is 16.4. The fourth-order valence-corrected chi connectivity index (χ4v) is 0.777. The molecule has 76 valence electrons. The summed E-state index contributed by atoms with van der Waals surface area (Å²) in [4.78, 5) is 20.1. The zero-order valence-corrected chi connectivity index (χ0v) is 6.88. The second-order valence-electron chi connectivity index (χ2n) is 2.68. The molecule has 0 aliphatic rings. The fraction of sp³-hybridized carbons (Fsp3) is 0.714. The van der Waals surface area contributed by atoms with Crippen LogP contribution in [0.2, 0.25) is 0 Å². The Labute approximate surface area is 74.4 Å². The summed E-state index contributed by atoms with van der Waals surface area (Å²) in [6.07, 6.45) is -3.27. The Morgan fingerprint density at radius 3 is 2.00 bits per heavy atom. The molecule has 0 rings (SSSR count). The average molecular weight is 192 g/mol. The molecule has 13 heavy (non-hydrogen) atoms. The summed E-state index contributed by atoms with van der Waals surface area (Å²) in [5.74, 6) is -2.53. The van der Waals surface area contributed by atoms with Gasteiger partial charge in [-0.05, 0) is 12.8 Å². The first-order valence-electron chi connectivity index (χ1n) is 3.74. The topological polar surface area (TPSA) is 115 Å². The lowest BCUT2D eigenvalue weighted by atomic mass is 10.1. The maximum atomic E-state index is 10.1. The van der Waals surface area contributed by atoms with E-state index in [1.54, 1.807) is 0 Å². The van der Waals surface area contributed by atoms with Crippen LogP contribution < -0.4 is 0 Å². The van der Waals surface area contributed by atoms with Gasteiger partial charge in [-0.2, -0.15) is 0 Å². The molecule has 0 aromatic rings. The summed E-state index contributed by atoms with van der Waals surface area (Å²) in [6, 6.07) is 0. The summed E-state index contributed by atoms with van der Waals surface area (Å²) < 4.78 is 0. The van der Waals surface area contributed by atoms with Crippen molar-refractivity contribution in [2.75, 3.05) is 0 Å². The van der Waals surface area contributed by atoms with Crippen molar-refractivity contribution < 1.29 is 30.0 Å². The molecule has 0 fully saturated rings. The SMILES string of the molecule is O=C(O)CC(O)CCC(O)C(=O)O. The Balaban J connectivity index is 3.63. The van der Waals surface area contributed by atoms with Crippen LogP contribution >= 0.6 is 0 Å². The van der Waals surface area contributed by atoms with Crippen LogP contribution in [0.15, 0.2) is 0 Å². The molecule has 0 radical (unpaired) electrons. The second-order valence-corrected chi connectivity index (χ2v) is 2.68. The van der Waals surface area contributed by atoms with Crippen LogP contribution in [0, 0.1) is 0 Å². The van der Waals surface area contributed by atoms with E-state index < -0.39 is 30.6 Å². The zero-order valence-electron chi connectivity index (χ0n) is 6.88. The van der Waals surface area contributed by atoms with Crippen molar-refractivity contribution in [3.05, 3.63) is 0 Å². The molecule has 6 nitrogen and oxygen atoms in total. The van der Waals surface area contributed by atoms with Gasteiger partial charge in [0.2, 0.25) is 0 Å². The van der Waals surface area contributed by atoms with E-state index in [4.69, 9.17) is 20.4 Å². The lowest BCUT2D eigenvalue weighted by Gasteiger charge is -2.08. The number of aliphatic carboxylic acids is 2. The predicted octanol–water partition coefficient (Wildman–Crippen LogP) is -0.952. The van der Waals surface area contributed by atoms with E-state index in [0.717, 1.165) is 0 Å². The van der Waals surface area contributed by atoms with Gasteiger partial charge in [0.25, 0.3) is 0 Å². The van der Waals surface area contributed by atoms with Crippen molar-refractivity contribution in [2.45, 2.75) is 31.5 Å². The molecule has 0 aliphatic carbocycles. The molecule has 0 aliphatic heterocycles. The maximum absolute atomic E-state index is 10.1. The van der Waals surface area contributed by atoms with Crippen molar-refractivity contribution in [1.29, 1.82) is 0 Å². The van der Waals surface area contributed by atoms with Crippen molar-refractivity contribution in [3.63, 3.8) is 0 Å². The molecule has 0 heterocycles. The Morgan fingerprint density at radius 2 is 1.62 bits per heavy atom. The number of hydrogen-bond donors (Lipinski definition) is 4. The number of hydrogen-bond acceptors (Lipinski definition) is 4. The first-order valence-corrected chi connectivity index (χ1v) is 3.74. The van der Waals surface area contributed by atoms with Gasteiger partial charge in [0.1, 0.15) is 0 Å². The number of carbonyl (C=O) groups is 2. The van der Waals surface area contributed by atoms with E-state index >= 15 is 0 Å². The highest BCUT2D eigenvalue weighted by Crippen LogP contribution is 2.05. The van der Waals surface area contributed by atoms with E-state index in [1.807, 2.05) is 0 Å². The van der Waals surface area contributed by atoms with Crippen LogP contribution in [0.3, 0.4) is 0 Å². The van der Waals surface area contributed by atoms with Gasteiger partial charge >= 0.3 is 11.9 Å². The summed E-state index contributed by atoms with van der Waals surface area (Å²) in [5.41, 5.74) is 0. The van der Waals surface area contributed by atoms with Crippen LogP contribution in [-0.2, 0) is 9.59 Å². The van der Waals surface area contributed by atoms with E-state index in [1.165, 1.54) is 0 Å². The van der Waals surface area contributed by atoms with E-state index in [2.05, 4.69) is 0 Å². The van der Waals surface area contributed by atoms with Gasteiger partial charge in [-0.3, -0.25) is 4.79 Å². The summed E-state index contributed by atoms with van der Waals surface area (Å²) in [7, 11) is 0. The Hall–Kier alpha value is -1.14. The van der Waals surface area contributed by atoms with Crippen LogP contribution in [-0.4, -0.2) is 44.6 Å². The molecular weight excluding hydrogens is 180 g/mol. The molecule has 0 amide bonds. The van der Waals surface area contributed by atoms with Crippen LogP contribution in [0.5, 0.6) is 0 Å². The second kappa shape index (κ2) is 5.50. The van der Waals surface area contributed by atoms with Gasteiger partial charge in [-0.15, -0.1) is 0 Å². The van der Waals surface area contributed by atoms with Crippen molar-refractivity contribution in [2.24, 2.45) is 0 Å². The first-order chi connectivity index (χ1) is 5.93. The van der Waals surface area contributed by atoms with Gasteiger partial charge in [0.15, 0.2) is 6.10 Å². The normalized spacial score (nSPS) is 14.9. The number of carboxylic acids is 2. The minimum Gasteiger partial charge on any atom is -0.481 e. The van der Waals surface area contributed by atoms with Gasteiger partial charge in [-0.1, -0.05) is 0 Å². The van der Waals surface area contributed by atoms with E-state index in [0.29, 0.717) is 0 Å². The monoisotopic (exact) mass is 192 g/mol. The molecular formula is C7H12O6. The lowest BCUT2D eigenvalue weighted by Crippen LogP contribution is -2.22. The molecule has 0 spiro atoms. The van der Waals surface area contributed by atoms with Gasteiger partial charge in [-0.25, -0.2) is 4.79 Å². The Bertz CT molecular complexity index is 189. The Morgan fingerprint density at radius 1 is 1.08 bits per heavy atom. The minimum atomic E-state index is -1.54. The number of aliphatic hydroxyl groups excluding tert-OH is 2. The number of carboxylic acid groups (broad SMARTS) is 2. The third-order valence-electron chi connectivity index (χ3n) is 1.47. The number of rotatable bonds is 6. The molecule has 2 unspecified atom stereocenters. The Kier molecular flexibility index (Phi) is 5.01. The highest BCUT2D eigenvalue weighted by Gasteiger charge is 2.16. The molecule has 0 saturated heterocycles. The van der Waals surface area contributed by atoms with E-state index in [9.17, 15) is 9.59 Å². The third kappa shape index (κ3) is 6.06. The van der Waals surface area contributed by atoms with Crippen LogP contribution in [0.25, 0.3) is 0 Å². The lowest BCUT2D eigenvalue weighted by molar-refractivity contribution is -0.147. The average Bonchev–Trinajstić information content (AvgIpc) is 1.98. The largest absolute Gasteiger partial charge is 0.481 e. The number of aliphatic hydroxyl groups is 2. The molecule has 0 aromatic carbocycles. The first kappa shape index (κ1) is 11.9. The predicted molar refractivity (Wildman–Crippen MR) is 41.1 cm³/mol. The summed E-state index contributed by atoms with van der Waals surface area (Å²) in [5, 5.41) is 34.2. The molecule has 0 bridgehead atoms. The fourth-order valence-electron chi connectivity index (χ4n) is 0.777. The maximum Gasteiger partial charge on any atom is 0.332 e. The zero-order chi connectivity index (χ0) is 10.4. The van der Waals surface area contributed by atoms with Gasteiger partial charge in [0.05, 0.1) is 12.5 Å². The molecule has 6 heteroatoms. The van der Waals surface area contributed by atoms with Crippen molar-refractivity contribution >= 4 is 11.9 Å². The van der Waals surface area contributed by atoms with E-state index in [-0.39, 0.29) is 12.8 Å². The smallest absolute Gasteiger partial charge is 0.332 e. The summed E-state index contributed by atoms with van der Waals surface area (Å²) in [6.45, 7) is 0. The van der Waals surface area contributed by atoms with Gasteiger partial charge < -0.3 is 20.4 Å². The molecule has 2 atom stereocenters. The highest BCUT2D eigenvalue weighted by molar-refractivity contribution is 5.71. The standard InChI is InChI=1S/C7H12O6/c8-4(3-6(10)11)1-2-5(9)7(12)13/h4-5,8-9H,1-3H2,(H,10,11)(H,12,13). The molecule has 4 N–H and O–H groups in total. The van der Waals surface area contributed by atoms with Crippen molar-refractivity contribution in [1.82, 2.24) is 0 Å². The van der Waals surface area contributed by atoms with Gasteiger partial charge in [0, 0.05) is 0 Å². The minimum absolute atomic E-state index is 0.0419. The quantitative estimate of drug-likeness (QED) is 0.431. The summed E-state index contributed by atoms with van der Waals surface area (Å²) >= 11 is 0. The van der Waals surface area contributed by atoms with Crippen LogP contribution in [0.4, 0.5) is 0 Å².